The van der Waals surface area contributed by atoms with Crippen LogP contribution in [-0.2, 0) is 4.74 Å². The number of benzene rings is 1. The lowest BCUT2D eigenvalue weighted by atomic mass is 10.2. The smallest absolute Gasteiger partial charge is 0.337 e. The van der Waals surface area contributed by atoms with Crippen LogP contribution in [0.3, 0.4) is 0 Å². The fourth-order valence-corrected chi connectivity index (χ4v) is 1.85. The van der Waals surface area contributed by atoms with Crippen LogP contribution >= 0.6 is 0 Å². The molecule has 2 aromatic rings. The molecule has 7 heteroatoms. The van der Waals surface area contributed by atoms with E-state index in [1.165, 1.54) is 13.3 Å². The molecule has 120 valence electrons. The molecule has 0 aliphatic heterocycles. The molecule has 0 unspecified atom stereocenters. The van der Waals surface area contributed by atoms with Crippen LogP contribution in [0.4, 0.5) is 11.6 Å². The summed E-state index contributed by atoms with van der Waals surface area (Å²) in [6, 6.07) is 8.29. The molecule has 0 saturated heterocycles. The van der Waals surface area contributed by atoms with Gasteiger partial charge in [-0.25, -0.2) is 14.8 Å². The summed E-state index contributed by atoms with van der Waals surface area (Å²) >= 11 is 0. The molecule has 1 aromatic heterocycles. The zero-order valence-corrected chi connectivity index (χ0v) is 13.0. The summed E-state index contributed by atoms with van der Waals surface area (Å²) in [7, 11) is 1.32. The Morgan fingerprint density at radius 2 is 2.09 bits per heavy atom. The maximum absolute atomic E-state index is 11.9. The van der Waals surface area contributed by atoms with E-state index >= 15 is 0 Å². The van der Waals surface area contributed by atoms with Crippen molar-refractivity contribution in [1.29, 1.82) is 0 Å². The van der Waals surface area contributed by atoms with E-state index < -0.39 is 5.97 Å². The van der Waals surface area contributed by atoms with E-state index in [1.54, 1.807) is 30.3 Å². The Labute approximate surface area is 134 Å². The van der Waals surface area contributed by atoms with Gasteiger partial charge in [-0.05, 0) is 30.7 Å². The van der Waals surface area contributed by atoms with Crippen LogP contribution in [0.1, 0.15) is 34.2 Å². The molecule has 0 fully saturated rings. The predicted octanol–water partition coefficient (Wildman–Crippen LogP) is 2.15. The summed E-state index contributed by atoms with van der Waals surface area (Å²) in [5.41, 5.74) is 1.31. The summed E-state index contributed by atoms with van der Waals surface area (Å²) in [6.45, 7) is 2.56. The van der Waals surface area contributed by atoms with Gasteiger partial charge in [0.15, 0.2) is 0 Å². The van der Waals surface area contributed by atoms with E-state index in [4.69, 9.17) is 0 Å². The number of carbonyl (C=O) groups excluding carboxylic acids is 2. The lowest BCUT2D eigenvalue weighted by Crippen LogP contribution is -2.25. The molecular weight excluding hydrogens is 296 g/mol. The largest absolute Gasteiger partial charge is 0.465 e. The fourth-order valence-electron chi connectivity index (χ4n) is 1.85. The molecule has 0 radical (unpaired) electrons. The van der Waals surface area contributed by atoms with Gasteiger partial charge in [-0.1, -0.05) is 13.0 Å². The van der Waals surface area contributed by atoms with Crippen LogP contribution in [0.25, 0.3) is 0 Å². The van der Waals surface area contributed by atoms with Crippen LogP contribution < -0.4 is 10.6 Å². The van der Waals surface area contributed by atoms with Crippen molar-refractivity contribution in [1.82, 2.24) is 15.3 Å². The zero-order valence-electron chi connectivity index (χ0n) is 13.0. The Morgan fingerprint density at radius 3 is 2.83 bits per heavy atom. The van der Waals surface area contributed by atoms with Crippen LogP contribution in [0.2, 0.25) is 0 Å². The number of anilines is 2. The summed E-state index contributed by atoms with van der Waals surface area (Å²) in [6.07, 6.45) is 2.35. The van der Waals surface area contributed by atoms with Gasteiger partial charge in [0.25, 0.3) is 5.91 Å². The fraction of sp³-hybridized carbons (Fsp3) is 0.250. The number of rotatable bonds is 6. The molecule has 0 aliphatic carbocycles. The van der Waals surface area contributed by atoms with Gasteiger partial charge in [0.05, 0.1) is 12.7 Å². The number of aromatic nitrogens is 2. The summed E-state index contributed by atoms with van der Waals surface area (Å²) < 4.78 is 4.68. The standard InChI is InChI=1S/C16H18N4O3/c1-3-8-17-14(21)13-7-9-18-16(20-13)19-12-6-4-5-11(10-12)15(22)23-2/h4-7,9-10H,3,8H2,1-2H3,(H,17,21)(H,18,19,20). The van der Waals surface area contributed by atoms with Crippen molar-refractivity contribution in [3.05, 3.63) is 47.8 Å². The monoisotopic (exact) mass is 314 g/mol. The normalized spacial score (nSPS) is 10.0. The third-order valence-corrected chi connectivity index (χ3v) is 2.96. The molecule has 0 atom stereocenters. The Morgan fingerprint density at radius 1 is 1.26 bits per heavy atom. The molecule has 1 aromatic carbocycles. The van der Waals surface area contributed by atoms with Gasteiger partial charge in [0.2, 0.25) is 5.95 Å². The quantitative estimate of drug-likeness (QED) is 0.794. The molecule has 23 heavy (non-hydrogen) atoms. The molecule has 0 spiro atoms. The topological polar surface area (TPSA) is 93.2 Å². The highest BCUT2D eigenvalue weighted by Crippen LogP contribution is 2.15. The number of esters is 1. The van der Waals surface area contributed by atoms with Crippen molar-refractivity contribution in [3.63, 3.8) is 0 Å². The maximum Gasteiger partial charge on any atom is 0.337 e. The number of ether oxygens (including phenoxy) is 1. The number of nitrogens with one attached hydrogen (secondary N) is 2. The molecule has 1 amide bonds. The van der Waals surface area contributed by atoms with Crippen molar-refractivity contribution in [2.45, 2.75) is 13.3 Å². The SMILES string of the molecule is CCCNC(=O)c1ccnc(Nc2cccc(C(=O)OC)c2)n1. The third-order valence-electron chi connectivity index (χ3n) is 2.96. The van der Waals surface area contributed by atoms with Crippen LogP contribution in [0, 0.1) is 0 Å². The molecule has 0 bridgehead atoms. The zero-order chi connectivity index (χ0) is 16.7. The molecule has 0 saturated carbocycles. The highest BCUT2D eigenvalue weighted by Gasteiger charge is 2.09. The van der Waals surface area contributed by atoms with Crippen molar-refractivity contribution < 1.29 is 14.3 Å². The molecule has 0 aliphatic rings. The van der Waals surface area contributed by atoms with Crippen molar-refractivity contribution in [3.8, 4) is 0 Å². The Kier molecular flexibility index (Phi) is 5.62. The second kappa shape index (κ2) is 7.88. The van der Waals surface area contributed by atoms with Crippen LogP contribution in [-0.4, -0.2) is 35.5 Å². The van der Waals surface area contributed by atoms with E-state index in [9.17, 15) is 9.59 Å². The number of amides is 1. The number of carbonyl (C=O) groups is 2. The Bertz CT molecular complexity index is 703. The molecule has 7 nitrogen and oxygen atoms in total. The molecular formula is C16H18N4O3. The predicted molar refractivity (Wildman–Crippen MR) is 85.7 cm³/mol. The Balaban J connectivity index is 2.14. The van der Waals surface area contributed by atoms with Gasteiger partial charge in [0.1, 0.15) is 5.69 Å². The maximum atomic E-state index is 11.9. The minimum Gasteiger partial charge on any atom is -0.465 e. The van der Waals surface area contributed by atoms with Gasteiger partial charge < -0.3 is 15.4 Å². The van der Waals surface area contributed by atoms with Crippen molar-refractivity contribution >= 4 is 23.5 Å². The van der Waals surface area contributed by atoms with E-state index in [0.29, 0.717) is 17.8 Å². The van der Waals surface area contributed by atoms with Gasteiger partial charge in [-0.2, -0.15) is 0 Å². The first-order chi connectivity index (χ1) is 11.1. The molecule has 2 rings (SSSR count). The highest BCUT2D eigenvalue weighted by molar-refractivity contribution is 5.92. The van der Waals surface area contributed by atoms with E-state index in [1.807, 2.05) is 6.92 Å². The van der Waals surface area contributed by atoms with Crippen LogP contribution in [0.5, 0.6) is 0 Å². The van der Waals surface area contributed by atoms with Gasteiger partial charge in [-0.15, -0.1) is 0 Å². The number of methoxy groups -OCH3 is 1. The van der Waals surface area contributed by atoms with Crippen LogP contribution in [0.15, 0.2) is 36.5 Å². The van der Waals surface area contributed by atoms with E-state index in [0.717, 1.165) is 6.42 Å². The van der Waals surface area contributed by atoms with Crippen molar-refractivity contribution in [2.75, 3.05) is 19.0 Å². The summed E-state index contributed by atoms with van der Waals surface area (Å²) in [4.78, 5) is 31.7. The summed E-state index contributed by atoms with van der Waals surface area (Å²) in [5.74, 6) is -0.404. The minimum absolute atomic E-state index is 0.249. The second-order valence-corrected chi connectivity index (χ2v) is 4.72. The average Bonchev–Trinajstić information content (AvgIpc) is 2.59. The Hall–Kier alpha value is -2.96. The highest BCUT2D eigenvalue weighted by atomic mass is 16.5. The lowest BCUT2D eigenvalue weighted by Gasteiger charge is -2.08. The first-order valence-electron chi connectivity index (χ1n) is 7.20. The molecule has 1 heterocycles. The third kappa shape index (κ3) is 4.50. The first kappa shape index (κ1) is 16.4. The number of hydrogen-bond acceptors (Lipinski definition) is 6. The van der Waals surface area contributed by atoms with E-state index in [2.05, 4.69) is 25.3 Å². The average molecular weight is 314 g/mol. The van der Waals surface area contributed by atoms with Gasteiger partial charge >= 0.3 is 5.97 Å². The first-order valence-corrected chi connectivity index (χ1v) is 7.20. The van der Waals surface area contributed by atoms with Crippen molar-refractivity contribution in [2.24, 2.45) is 0 Å². The van der Waals surface area contributed by atoms with Gasteiger partial charge in [-0.3, -0.25) is 4.79 Å². The second-order valence-electron chi connectivity index (χ2n) is 4.72. The van der Waals surface area contributed by atoms with E-state index in [-0.39, 0.29) is 17.5 Å². The number of hydrogen-bond donors (Lipinski definition) is 2. The molecule has 2 N–H and O–H groups in total. The lowest BCUT2D eigenvalue weighted by molar-refractivity contribution is 0.0600. The number of nitrogens with zero attached hydrogens (tertiary/aromatic N) is 2. The van der Waals surface area contributed by atoms with Gasteiger partial charge in [0, 0.05) is 18.4 Å². The summed E-state index contributed by atoms with van der Waals surface area (Å²) in [5, 5.41) is 5.72. The minimum atomic E-state index is -0.428.